The van der Waals surface area contributed by atoms with Gasteiger partial charge in [-0.15, -0.1) is 0 Å². The van der Waals surface area contributed by atoms with Crippen LogP contribution in [0.3, 0.4) is 0 Å². The van der Waals surface area contributed by atoms with Crippen molar-refractivity contribution in [3.63, 3.8) is 0 Å². The molecule has 2 rings (SSSR count). The summed E-state index contributed by atoms with van der Waals surface area (Å²) in [5.74, 6) is 1.53. The lowest BCUT2D eigenvalue weighted by Crippen LogP contribution is -2.27. The number of nitrogens with one attached hydrogen (secondary N) is 2. The van der Waals surface area contributed by atoms with Crippen LogP contribution in [0.15, 0.2) is 24.3 Å². The third-order valence-electron chi connectivity index (χ3n) is 4.50. The van der Waals surface area contributed by atoms with Crippen LogP contribution in [-0.4, -0.2) is 17.7 Å². The molecule has 1 aromatic carbocycles. The topological polar surface area (TPSA) is 61.4 Å². The summed E-state index contributed by atoms with van der Waals surface area (Å²) in [5, 5.41) is 14.8. The van der Waals surface area contributed by atoms with Crippen LogP contribution >= 0.6 is 0 Å². The fourth-order valence-corrected chi connectivity index (χ4v) is 3.22. The van der Waals surface area contributed by atoms with Gasteiger partial charge < -0.3 is 10.4 Å². The first-order chi connectivity index (χ1) is 10.2. The normalized spacial score (nSPS) is 17.4. The van der Waals surface area contributed by atoms with E-state index >= 15 is 0 Å². The molecule has 0 heterocycles. The van der Waals surface area contributed by atoms with Crippen LogP contribution in [0.4, 0.5) is 10.5 Å². The molecule has 1 aliphatic rings. The van der Waals surface area contributed by atoms with Crippen LogP contribution in [0.1, 0.15) is 44.6 Å². The lowest BCUT2D eigenvalue weighted by molar-refractivity contribution is 0.209. The molecule has 0 aromatic heterocycles. The lowest BCUT2D eigenvalue weighted by atomic mass is 9.81. The van der Waals surface area contributed by atoms with E-state index in [-0.39, 0.29) is 0 Å². The monoisotopic (exact) mass is 290 g/mol. The number of rotatable bonds is 6. The first-order valence-corrected chi connectivity index (χ1v) is 7.95. The Morgan fingerprint density at radius 2 is 2.00 bits per heavy atom. The van der Waals surface area contributed by atoms with Crippen LogP contribution in [0.5, 0.6) is 0 Å². The number of hydrogen-bond donors (Lipinski definition) is 3. The van der Waals surface area contributed by atoms with Gasteiger partial charge in [0, 0.05) is 12.2 Å². The molecule has 1 amide bonds. The number of amides is 1. The fraction of sp³-hybridized carbons (Fsp3) is 0.588. The van der Waals surface area contributed by atoms with Gasteiger partial charge in [-0.2, -0.15) is 0 Å². The molecule has 1 unspecified atom stereocenters. The minimum absolute atomic E-state index is 0.669. The minimum Gasteiger partial charge on any atom is -0.465 e. The van der Waals surface area contributed by atoms with Crippen molar-refractivity contribution in [3.8, 4) is 0 Å². The standard InChI is InChI=1S/C17H26N2O2/c1-13(14-7-3-2-4-8-14)11-18-12-15-9-5-6-10-16(15)19-17(20)21/h5-6,9-10,13-14,18-19H,2-4,7-8,11-12H2,1H3,(H,20,21). The molecule has 3 N–H and O–H groups in total. The molecule has 116 valence electrons. The predicted octanol–water partition coefficient (Wildman–Crippen LogP) is 4.08. The molecule has 0 spiro atoms. The van der Waals surface area contributed by atoms with Crippen molar-refractivity contribution in [1.29, 1.82) is 0 Å². The highest BCUT2D eigenvalue weighted by atomic mass is 16.4. The molecule has 1 saturated carbocycles. The van der Waals surface area contributed by atoms with E-state index in [9.17, 15) is 4.79 Å². The van der Waals surface area contributed by atoms with Crippen molar-refractivity contribution in [1.82, 2.24) is 5.32 Å². The molecular weight excluding hydrogens is 264 g/mol. The van der Waals surface area contributed by atoms with Crippen molar-refractivity contribution < 1.29 is 9.90 Å². The summed E-state index contributed by atoms with van der Waals surface area (Å²) in [6.07, 6.45) is 5.85. The second-order valence-electron chi connectivity index (χ2n) is 6.09. The first-order valence-electron chi connectivity index (χ1n) is 7.95. The van der Waals surface area contributed by atoms with Gasteiger partial charge in [0.25, 0.3) is 0 Å². The summed E-state index contributed by atoms with van der Waals surface area (Å²) in [6, 6.07) is 7.55. The average Bonchev–Trinajstić information content (AvgIpc) is 2.49. The Labute approximate surface area is 126 Å². The number of carbonyl (C=O) groups is 1. The van der Waals surface area contributed by atoms with E-state index in [1.54, 1.807) is 6.07 Å². The van der Waals surface area contributed by atoms with Gasteiger partial charge in [-0.1, -0.05) is 57.2 Å². The summed E-state index contributed by atoms with van der Waals surface area (Å²) in [7, 11) is 0. The second kappa shape index (κ2) is 8.03. The Bertz CT molecular complexity index is 456. The molecule has 21 heavy (non-hydrogen) atoms. The quantitative estimate of drug-likeness (QED) is 0.739. The summed E-state index contributed by atoms with van der Waals surface area (Å²) in [4.78, 5) is 10.8. The smallest absolute Gasteiger partial charge is 0.409 e. The molecule has 1 aromatic rings. The van der Waals surface area contributed by atoms with Gasteiger partial charge in [-0.25, -0.2) is 4.79 Å². The van der Waals surface area contributed by atoms with E-state index in [0.29, 0.717) is 18.2 Å². The number of carboxylic acid groups (broad SMARTS) is 1. The molecule has 0 radical (unpaired) electrons. The van der Waals surface area contributed by atoms with Gasteiger partial charge in [0.1, 0.15) is 0 Å². The highest BCUT2D eigenvalue weighted by Crippen LogP contribution is 2.29. The Morgan fingerprint density at radius 1 is 1.29 bits per heavy atom. The van der Waals surface area contributed by atoms with Crippen molar-refractivity contribution in [3.05, 3.63) is 29.8 Å². The van der Waals surface area contributed by atoms with Gasteiger partial charge in [0.05, 0.1) is 0 Å². The van der Waals surface area contributed by atoms with Crippen LogP contribution < -0.4 is 10.6 Å². The Kier molecular flexibility index (Phi) is 6.05. The van der Waals surface area contributed by atoms with Crippen LogP contribution in [0.25, 0.3) is 0 Å². The van der Waals surface area contributed by atoms with Crippen molar-refractivity contribution in [2.24, 2.45) is 11.8 Å². The molecule has 1 fully saturated rings. The largest absolute Gasteiger partial charge is 0.465 e. The van der Waals surface area contributed by atoms with Crippen LogP contribution in [0, 0.1) is 11.8 Å². The molecule has 1 aliphatic carbocycles. The van der Waals surface area contributed by atoms with Crippen molar-refractivity contribution in [2.75, 3.05) is 11.9 Å². The predicted molar refractivity (Wildman–Crippen MR) is 85.5 cm³/mol. The van der Waals surface area contributed by atoms with E-state index in [4.69, 9.17) is 5.11 Å². The number of hydrogen-bond acceptors (Lipinski definition) is 2. The first kappa shape index (κ1) is 15.8. The fourth-order valence-electron chi connectivity index (χ4n) is 3.22. The Balaban J connectivity index is 1.81. The maximum absolute atomic E-state index is 10.8. The van der Waals surface area contributed by atoms with Gasteiger partial charge in [0.2, 0.25) is 0 Å². The van der Waals surface area contributed by atoms with Crippen molar-refractivity contribution >= 4 is 11.8 Å². The van der Waals surface area contributed by atoms with E-state index in [2.05, 4.69) is 17.6 Å². The van der Waals surface area contributed by atoms with E-state index in [0.717, 1.165) is 18.0 Å². The van der Waals surface area contributed by atoms with Gasteiger partial charge >= 0.3 is 6.09 Å². The summed E-state index contributed by atoms with van der Waals surface area (Å²) in [5.41, 5.74) is 1.67. The van der Waals surface area contributed by atoms with Gasteiger partial charge in [0.15, 0.2) is 0 Å². The maximum atomic E-state index is 10.8. The SMILES string of the molecule is CC(CNCc1ccccc1NC(=O)O)C1CCCCC1. The van der Waals surface area contributed by atoms with Gasteiger partial charge in [-0.05, 0) is 30.0 Å². The molecule has 1 atom stereocenters. The molecule has 0 saturated heterocycles. The average molecular weight is 290 g/mol. The molecular formula is C17H26N2O2. The molecule has 4 heteroatoms. The molecule has 4 nitrogen and oxygen atoms in total. The summed E-state index contributed by atoms with van der Waals surface area (Å²) < 4.78 is 0. The van der Waals surface area contributed by atoms with Crippen LogP contribution in [0.2, 0.25) is 0 Å². The highest BCUT2D eigenvalue weighted by Gasteiger charge is 2.19. The van der Waals surface area contributed by atoms with Gasteiger partial charge in [-0.3, -0.25) is 5.32 Å². The third-order valence-corrected chi connectivity index (χ3v) is 4.50. The zero-order valence-electron chi connectivity index (χ0n) is 12.8. The molecule has 0 aliphatic heterocycles. The molecule has 0 bridgehead atoms. The number of para-hydroxylation sites is 1. The lowest BCUT2D eigenvalue weighted by Gasteiger charge is -2.28. The Hall–Kier alpha value is -1.55. The zero-order valence-corrected chi connectivity index (χ0v) is 12.8. The summed E-state index contributed by atoms with van der Waals surface area (Å²) >= 11 is 0. The van der Waals surface area contributed by atoms with Crippen LogP contribution in [-0.2, 0) is 6.54 Å². The summed E-state index contributed by atoms with van der Waals surface area (Å²) in [6.45, 7) is 4.02. The minimum atomic E-state index is -1.02. The number of anilines is 1. The van der Waals surface area contributed by atoms with E-state index in [1.165, 1.54) is 32.1 Å². The van der Waals surface area contributed by atoms with Crippen molar-refractivity contribution in [2.45, 2.75) is 45.6 Å². The Morgan fingerprint density at radius 3 is 2.71 bits per heavy atom. The number of benzene rings is 1. The maximum Gasteiger partial charge on any atom is 0.409 e. The third kappa shape index (κ3) is 5.05. The van der Waals surface area contributed by atoms with E-state index in [1.807, 2.05) is 18.2 Å². The second-order valence-corrected chi connectivity index (χ2v) is 6.09. The van der Waals surface area contributed by atoms with E-state index < -0.39 is 6.09 Å². The zero-order chi connectivity index (χ0) is 15.1. The highest BCUT2D eigenvalue weighted by molar-refractivity contribution is 5.83.